The van der Waals surface area contributed by atoms with E-state index in [-0.39, 0.29) is 0 Å². The Morgan fingerprint density at radius 2 is 1.23 bits per heavy atom. The predicted molar refractivity (Wildman–Crippen MR) is 163 cm³/mol. The number of aliphatic imine (C=N–C) groups is 3. The van der Waals surface area contributed by atoms with Gasteiger partial charge < -0.3 is 20.6 Å². The summed E-state index contributed by atoms with van der Waals surface area (Å²) in [5.41, 5.74) is 10.3. The zero-order chi connectivity index (χ0) is 26.2. The topological polar surface area (TPSA) is 92.7 Å². The van der Waals surface area contributed by atoms with Crippen LogP contribution in [0, 0.1) is 0 Å². The largest absolute Gasteiger partial charge is 0.341 e. The van der Waals surface area contributed by atoms with Crippen molar-refractivity contribution in [3.8, 4) is 0 Å². The third kappa shape index (κ3) is 3.39. The molecule has 0 unspecified atom stereocenters. The molecule has 0 spiro atoms. The summed E-state index contributed by atoms with van der Waals surface area (Å²) in [7, 11) is 0. The van der Waals surface area contributed by atoms with Crippen molar-refractivity contribution in [2.45, 2.75) is 77.0 Å². The number of anilines is 2. The van der Waals surface area contributed by atoms with Crippen molar-refractivity contribution in [3.63, 3.8) is 0 Å². The smallest absolute Gasteiger partial charge is 0.160 e. The van der Waals surface area contributed by atoms with Crippen molar-refractivity contribution in [1.29, 1.82) is 0 Å². The van der Waals surface area contributed by atoms with Crippen molar-refractivity contribution in [3.05, 3.63) is 69.1 Å². The molecule has 5 heterocycles. The monoisotopic (exact) mass is 527 g/mol. The number of allylic oxidation sites excluding steroid dienone is 1. The summed E-state index contributed by atoms with van der Waals surface area (Å²) in [6.45, 7) is 0. The lowest BCUT2D eigenvalue weighted by Gasteiger charge is -2.18. The quantitative estimate of drug-likeness (QED) is 0.242. The number of nitrogens with one attached hydrogen (secondary N) is 4. The van der Waals surface area contributed by atoms with Gasteiger partial charge in [-0.15, -0.1) is 0 Å². The van der Waals surface area contributed by atoms with E-state index in [4.69, 9.17) is 15.0 Å². The fourth-order valence-electron chi connectivity index (χ4n) is 7.59. The van der Waals surface area contributed by atoms with Crippen LogP contribution in [0.25, 0.3) is 16.8 Å². The number of amidine groups is 3. The van der Waals surface area contributed by atoms with Crippen LogP contribution in [0.1, 0.15) is 81.0 Å². The summed E-state index contributed by atoms with van der Waals surface area (Å²) in [5.74, 6) is 5.87. The highest BCUT2D eigenvalue weighted by Crippen LogP contribution is 2.42. The maximum atomic E-state index is 5.26. The molecule has 0 radical (unpaired) electrons. The third-order valence-corrected chi connectivity index (χ3v) is 9.57. The van der Waals surface area contributed by atoms with Crippen molar-refractivity contribution in [2.24, 2.45) is 15.0 Å². The first-order chi connectivity index (χ1) is 19.8. The summed E-state index contributed by atoms with van der Waals surface area (Å²) in [4.78, 5) is 23.1. The van der Waals surface area contributed by atoms with Gasteiger partial charge in [0.15, 0.2) is 5.84 Å². The van der Waals surface area contributed by atoms with Crippen molar-refractivity contribution in [2.75, 3.05) is 5.32 Å². The summed E-state index contributed by atoms with van der Waals surface area (Å²) in [5, 5.41) is 9.92. The predicted octanol–water partition coefficient (Wildman–Crippen LogP) is 7.66. The van der Waals surface area contributed by atoms with E-state index in [9.17, 15) is 0 Å². The average molecular weight is 528 g/mol. The highest BCUT2D eigenvalue weighted by atomic mass is 15.1. The minimum Gasteiger partial charge on any atom is -0.341 e. The average Bonchev–Trinajstić information content (AvgIpc) is 3.73. The van der Waals surface area contributed by atoms with Crippen LogP contribution in [0.3, 0.4) is 0 Å². The highest BCUT2D eigenvalue weighted by molar-refractivity contribution is 6.26. The van der Waals surface area contributed by atoms with Crippen LogP contribution in [0.4, 0.5) is 17.5 Å². The number of nitrogens with zero attached hydrogens (tertiary/aromatic N) is 3. The molecule has 4 N–H and O–H groups in total. The van der Waals surface area contributed by atoms with E-state index >= 15 is 0 Å². The van der Waals surface area contributed by atoms with Crippen LogP contribution in [-0.4, -0.2) is 27.5 Å². The maximum Gasteiger partial charge on any atom is 0.160 e. The molecular formula is C33H33N7. The molecule has 1 aromatic carbocycles. The summed E-state index contributed by atoms with van der Waals surface area (Å²) in [6, 6.07) is 8.64. The van der Waals surface area contributed by atoms with E-state index in [2.05, 4.69) is 50.9 Å². The number of hydrogen-bond donors (Lipinski definition) is 4. The van der Waals surface area contributed by atoms with Gasteiger partial charge in [-0.1, -0.05) is 24.3 Å². The number of aromatic nitrogens is 2. The molecular weight excluding hydrogens is 494 g/mol. The molecule has 2 aromatic heterocycles. The zero-order valence-corrected chi connectivity index (χ0v) is 22.7. The van der Waals surface area contributed by atoms with E-state index < -0.39 is 0 Å². The van der Waals surface area contributed by atoms with Crippen LogP contribution in [-0.2, 0) is 12.8 Å². The molecule has 3 aliphatic heterocycles. The second kappa shape index (κ2) is 8.68. The normalized spacial score (nSPS) is 21.6. The highest BCUT2D eigenvalue weighted by Gasteiger charge is 2.33. The Kier molecular flexibility index (Phi) is 4.92. The van der Waals surface area contributed by atoms with Crippen LogP contribution in [0.15, 0.2) is 67.2 Å². The van der Waals surface area contributed by atoms with Gasteiger partial charge in [-0.3, -0.25) is 0 Å². The Balaban J connectivity index is 1.29. The Bertz CT molecular complexity index is 1800. The van der Waals surface area contributed by atoms with Crippen LogP contribution in [0.5, 0.6) is 0 Å². The molecule has 3 aromatic rings. The molecule has 0 saturated carbocycles. The first-order valence-electron chi connectivity index (χ1n) is 15.1. The van der Waals surface area contributed by atoms with Gasteiger partial charge in [0.1, 0.15) is 29.1 Å². The lowest BCUT2D eigenvalue weighted by molar-refractivity contribution is 0.691. The molecule has 7 nitrogen and oxygen atoms in total. The first-order valence-corrected chi connectivity index (χ1v) is 15.1. The molecule has 0 amide bonds. The fraction of sp³-hybridized carbons (Fsp3) is 0.364. The summed E-state index contributed by atoms with van der Waals surface area (Å²) >= 11 is 0. The van der Waals surface area contributed by atoms with Gasteiger partial charge >= 0.3 is 0 Å². The number of fused-ring (bicyclic) bond motifs is 16. The van der Waals surface area contributed by atoms with Crippen molar-refractivity contribution in [1.82, 2.24) is 15.3 Å². The number of aromatic amines is 2. The van der Waals surface area contributed by atoms with Crippen molar-refractivity contribution >= 4 is 51.8 Å². The van der Waals surface area contributed by atoms with E-state index in [0.29, 0.717) is 0 Å². The second-order valence-electron chi connectivity index (χ2n) is 11.9. The molecule has 8 bridgehead atoms. The van der Waals surface area contributed by atoms with E-state index in [0.717, 1.165) is 84.9 Å². The van der Waals surface area contributed by atoms with Gasteiger partial charge in [0, 0.05) is 38.7 Å². The molecule has 0 atom stereocenters. The van der Waals surface area contributed by atoms with Gasteiger partial charge in [0.05, 0.1) is 5.70 Å². The molecule has 9 rings (SSSR count). The van der Waals surface area contributed by atoms with Gasteiger partial charge in [-0.05, 0) is 94.3 Å². The number of rotatable bonds is 0. The van der Waals surface area contributed by atoms with Gasteiger partial charge in [-0.2, -0.15) is 0 Å². The minimum absolute atomic E-state index is 0.880. The molecule has 6 aliphatic rings. The molecule has 40 heavy (non-hydrogen) atoms. The van der Waals surface area contributed by atoms with E-state index in [1.807, 2.05) is 0 Å². The summed E-state index contributed by atoms with van der Waals surface area (Å²) in [6.07, 6.45) is 15.8. The second-order valence-corrected chi connectivity index (χ2v) is 11.9. The maximum absolute atomic E-state index is 5.26. The van der Waals surface area contributed by atoms with Crippen LogP contribution in [0.2, 0.25) is 0 Å². The third-order valence-electron chi connectivity index (χ3n) is 9.57. The van der Waals surface area contributed by atoms with E-state index in [1.165, 1.54) is 82.7 Å². The van der Waals surface area contributed by atoms with Crippen molar-refractivity contribution < 1.29 is 0 Å². The standard InChI is InChI=1S/C33H33N7/c1-3-11-20-18(9-1)26-17-27-19-10-2-4-12-21(19)29(35-27)37-31-23-14-6-8-16-25(23)33(39-31)40-32-24-15-7-5-13-22(24)30(38-32)36-28(20)34-26/h1,3,9,11,17,34,36,38H,2,4-8,10,12-16H2,(H,35,37,39,40). The van der Waals surface area contributed by atoms with Gasteiger partial charge in [0.25, 0.3) is 0 Å². The molecule has 7 heteroatoms. The van der Waals surface area contributed by atoms with Gasteiger partial charge in [-0.25, -0.2) is 15.0 Å². The summed E-state index contributed by atoms with van der Waals surface area (Å²) < 4.78 is 0. The SMILES string of the molecule is C1=C2N=C(NC3=NC(=Nc4[nH]c(c5c4CCCC5)Nc4[nH]c1c1ccccc41)C1=C3CCCC1)C1=C2CCCC1. The molecule has 0 saturated heterocycles. The Labute approximate surface area is 233 Å². The lowest BCUT2D eigenvalue weighted by atomic mass is 9.90. The minimum atomic E-state index is 0.880. The number of H-pyrrole nitrogens is 2. The Morgan fingerprint density at radius 3 is 2.08 bits per heavy atom. The molecule has 3 aliphatic carbocycles. The lowest BCUT2D eigenvalue weighted by Crippen LogP contribution is -2.32. The first kappa shape index (κ1) is 22.7. The molecule has 200 valence electrons. The van der Waals surface area contributed by atoms with Crippen LogP contribution >= 0.6 is 0 Å². The number of hydrogen-bond acceptors (Lipinski definition) is 5. The molecule has 0 fully saturated rings. The fourth-order valence-corrected chi connectivity index (χ4v) is 7.59. The van der Waals surface area contributed by atoms with Crippen LogP contribution < -0.4 is 10.6 Å². The Morgan fingerprint density at radius 1 is 0.550 bits per heavy atom. The zero-order valence-electron chi connectivity index (χ0n) is 22.7. The Hall–Kier alpha value is -4.13. The van der Waals surface area contributed by atoms with Gasteiger partial charge in [0.2, 0.25) is 0 Å². The number of benzene rings is 1. The van der Waals surface area contributed by atoms with E-state index in [1.54, 1.807) is 0 Å².